The van der Waals surface area contributed by atoms with Crippen LogP contribution in [0.25, 0.3) is 0 Å². The number of ketones is 4. The number of carbonyl (C=O) groups is 4. The number of unbranched alkanes of at least 4 members (excludes halogenated alkanes) is 3. The molecular weight excluding hydrogens is 480 g/mol. The highest BCUT2D eigenvalue weighted by atomic mass is 16.1. The van der Waals surface area contributed by atoms with Gasteiger partial charge in [0.1, 0.15) is 23.1 Å². The fraction of sp³-hybridized carbons (Fsp3) is 0.867. The van der Waals surface area contributed by atoms with Crippen LogP contribution in [0.15, 0.2) is 0 Å². The molecule has 0 saturated carbocycles. The first-order chi connectivity index (χ1) is 17.7. The van der Waals surface area contributed by atoms with Crippen LogP contribution < -0.4 is 22.9 Å². The van der Waals surface area contributed by atoms with Crippen molar-refractivity contribution in [2.45, 2.75) is 120 Å². The second-order valence-electron chi connectivity index (χ2n) is 10.8. The van der Waals surface area contributed by atoms with E-state index in [1.807, 2.05) is 55.4 Å². The molecule has 0 aromatic rings. The van der Waals surface area contributed by atoms with E-state index in [2.05, 4.69) is 0 Å². The predicted molar refractivity (Wildman–Crippen MR) is 162 cm³/mol. The molecule has 8 heteroatoms. The van der Waals surface area contributed by atoms with Crippen molar-refractivity contribution < 1.29 is 19.2 Å². The van der Waals surface area contributed by atoms with Crippen molar-refractivity contribution in [3.05, 3.63) is 0 Å². The van der Waals surface area contributed by atoms with Crippen LogP contribution in [-0.2, 0) is 19.2 Å². The van der Waals surface area contributed by atoms with Gasteiger partial charge in [-0.2, -0.15) is 0 Å². The molecule has 0 aromatic carbocycles. The zero-order valence-electron chi connectivity index (χ0n) is 26.2. The molecule has 0 aromatic heterocycles. The average Bonchev–Trinajstić information content (AvgIpc) is 2.86. The minimum absolute atomic E-state index is 0.151. The van der Waals surface area contributed by atoms with Crippen molar-refractivity contribution in [3.63, 3.8) is 0 Å². The SMILES string of the molecule is CC(C)C(=O)CCCCCN.CC(C)C(=O)CCCCN.CC(C)C(=O)CCCN.CC(C)C(=O)CCN. The topological polar surface area (TPSA) is 172 Å². The van der Waals surface area contributed by atoms with Crippen molar-refractivity contribution in [2.75, 3.05) is 26.2 Å². The molecule has 8 nitrogen and oxygen atoms in total. The summed E-state index contributed by atoms with van der Waals surface area (Å²) < 4.78 is 0. The predicted octanol–water partition coefficient (Wildman–Crippen LogP) is 4.58. The Balaban J connectivity index is -0.000000204. The molecule has 0 spiro atoms. The highest BCUT2D eigenvalue weighted by molar-refractivity contribution is 5.81. The van der Waals surface area contributed by atoms with Gasteiger partial charge in [-0.1, -0.05) is 61.8 Å². The minimum Gasteiger partial charge on any atom is -0.330 e. The number of nitrogens with two attached hydrogens (primary N) is 4. The summed E-state index contributed by atoms with van der Waals surface area (Å²) in [5.41, 5.74) is 21.0. The molecule has 0 heterocycles. The molecule has 0 aliphatic carbocycles. The molecule has 0 aliphatic rings. The Morgan fingerprint density at radius 2 is 0.632 bits per heavy atom. The van der Waals surface area contributed by atoms with Crippen LogP contribution >= 0.6 is 0 Å². The van der Waals surface area contributed by atoms with E-state index in [-0.39, 0.29) is 29.5 Å². The number of hydrogen-bond acceptors (Lipinski definition) is 8. The first kappa shape index (κ1) is 43.6. The van der Waals surface area contributed by atoms with Crippen molar-refractivity contribution in [1.29, 1.82) is 0 Å². The summed E-state index contributed by atoms with van der Waals surface area (Å²) >= 11 is 0. The summed E-state index contributed by atoms with van der Waals surface area (Å²) in [5.74, 6) is 2.03. The van der Waals surface area contributed by atoms with Gasteiger partial charge >= 0.3 is 0 Å². The van der Waals surface area contributed by atoms with Crippen LogP contribution in [0.5, 0.6) is 0 Å². The third-order valence-corrected chi connectivity index (χ3v) is 5.60. The fourth-order valence-corrected chi connectivity index (χ4v) is 2.64. The van der Waals surface area contributed by atoms with Crippen LogP contribution in [0.4, 0.5) is 0 Å². The molecule has 0 bridgehead atoms. The summed E-state index contributed by atoms with van der Waals surface area (Å²) in [6.45, 7) is 17.9. The van der Waals surface area contributed by atoms with E-state index < -0.39 is 0 Å². The van der Waals surface area contributed by atoms with Gasteiger partial charge in [-0.15, -0.1) is 0 Å². The number of rotatable bonds is 18. The van der Waals surface area contributed by atoms with Crippen molar-refractivity contribution in [2.24, 2.45) is 46.6 Å². The number of Topliss-reactive ketones (excluding diaryl/α,β-unsaturated/α-hetero) is 4. The molecule has 0 fully saturated rings. The smallest absolute Gasteiger partial charge is 0.136 e. The lowest BCUT2D eigenvalue weighted by Crippen LogP contribution is -2.12. The fourth-order valence-electron chi connectivity index (χ4n) is 2.64. The van der Waals surface area contributed by atoms with E-state index in [4.69, 9.17) is 22.9 Å². The highest BCUT2D eigenvalue weighted by Crippen LogP contribution is 2.05. The molecule has 0 radical (unpaired) electrons. The zero-order valence-corrected chi connectivity index (χ0v) is 26.2. The van der Waals surface area contributed by atoms with Crippen LogP contribution in [0, 0.1) is 23.7 Å². The maximum atomic E-state index is 11.1. The Hall–Kier alpha value is -1.48. The third-order valence-electron chi connectivity index (χ3n) is 5.60. The number of carbonyl (C=O) groups excluding carboxylic acids is 4. The van der Waals surface area contributed by atoms with Gasteiger partial charge in [0, 0.05) is 49.4 Å². The second-order valence-corrected chi connectivity index (χ2v) is 10.8. The van der Waals surface area contributed by atoms with E-state index in [1.165, 1.54) is 0 Å². The molecule has 228 valence electrons. The molecule has 0 saturated heterocycles. The maximum Gasteiger partial charge on any atom is 0.136 e. The molecule has 0 atom stereocenters. The zero-order chi connectivity index (χ0) is 30.5. The number of hydrogen-bond donors (Lipinski definition) is 4. The third kappa shape index (κ3) is 36.7. The summed E-state index contributed by atoms with van der Waals surface area (Å²) in [4.78, 5) is 43.6. The molecule has 0 amide bonds. The van der Waals surface area contributed by atoms with Crippen molar-refractivity contribution in [1.82, 2.24) is 0 Å². The van der Waals surface area contributed by atoms with Gasteiger partial charge in [-0.25, -0.2) is 0 Å². The second kappa shape index (κ2) is 31.7. The molecule has 8 N–H and O–H groups in total. The normalized spacial score (nSPS) is 10.3. The van der Waals surface area contributed by atoms with E-state index in [0.717, 1.165) is 51.5 Å². The Kier molecular flexibility index (Phi) is 36.4. The summed E-state index contributed by atoms with van der Waals surface area (Å²) in [6.07, 6.45) is 8.51. The first-order valence-corrected chi connectivity index (χ1v) is 14.6. The van der Waals surface area contributed by atoms with E-state index in [0.29, 0.717) is 56.2 Å². The molecule has 38 heavy (non-hydrogen) atoms. The van der Waals surface area contributed by atoms with Gasteiger partial charge in [-0.05, 0) is 58.3 Å². The Labute approximate surface area is 234 Å². The molecule has 0 aliphatic heterocycles. The standard InChI is InChI=1S/C9H19NO.C8H17NO.C7H15NO.C6H13NO/c1-8(2)9(11)6-4-3-5-7-10;1-7(2)8(10)5-3-4-6-9;1-6(2)7(9)4-3-5-8;1-5(2)6(8)3-4-7/h8H,3-7,10H2,1-2H3;7H,3-6,9H2,1-2H3;6H,3-5,8H2,1-2H3;5H,3-4,7H2,1-2H3. The summed E-state index contributed by atoms with van der Waals surface area (Å²) in [7, 11) is 0. The van der Waals surface area contributed by atoms with Gasteiger partial charge < -0.3 is 22.9 Å². The maximum absolute atomic E-state index is 11.1. The van der Waals surface area contributed by atoms with Gasteiger partial charge in [0.25, 0.3) is 0 Å². The quantitative estimate of drug-likeness (QED) is 0.181. The van der Waals surface area contributed by atoms with Crippen LogP contribution in [0.2, 0.25) is 0 Å². The van der Waals surface area contributed by atoms with Gasteiger partial charge in [0.2, 0.25) is 0 Å². The van der Waals surface area contributed by atoms with E-state index in [9.17, 15) is 19.2 Å². The average molecular weight is 545 g/mol. The lowest BCUT2D eigenvalue weighted by atomic mass is 10.0. The highest BCUT2D eigenvalue weighted by Gasteiger charge is 2.06. The lowest BCUT2D eigenvalue weighted by Gasteiger charge is -2.02. The Morgan fingerprint density at radius 3 is 0.895 bits per heavy atom. The largest absolute Gasteiger partial charge is 0.330 e. The van der Waals surface area contributed by atoms with Crippen LogP contribution in [0.1, 0.15) is 120 Å². The Morgan fingerprint density at radius 1 is 0.368 bits per heavy atom. The van der Waals surface area contributed by atoms with Crippen molar-refractivity contribution in [3.8, 4) is 0 Å². The molecule has 0 unspecified atom stereocenters. The van der Waals surface area contributed by atoms with E-state index >= 15 is 0 Å². The van der Waals surface area contributed by atoms with Gasteiger partial charge in [0.05, 0.1) is 0 Å². The van der Waals surface area contributed by atoms with Crippen LogP contribution in [-0.4, -0.2) is 49.3 Å². The van der Waals surface area contributed by atoms with Crippen molar-refractivity contribution >= 4 is 23.1 Å². The summed E-state index contributed by atoms with van der Waals surface area (Å²) in [5, 5.41) is 0. The minimum atomic E-state index is 0.151. The van der Waals surface area contributed by atoms with Crippen LogP contribution in [0.3, 0.4) is 0 Å². The Bertz CT molecular complexity index is 577. The summed E-state index contributed by atoms with van der Waals surface area (Å²) in [6, 6.07) is 0. The molecule has 0 rings (SSSR count). The van der Waals surface area contributed by atoms with Gasteiger partial charge in [-0.3, -0.25) is 19.2 Å². The first-order valence-electron chi connectivity index (χ1n) is 14.6. The van der Waals surface area contributed by atoms with Gasteiger partial charge in [0.15, 0.2) is 0 Å². The molecular formula is C30H64N4O4. The lowest BCUT2D eigenvalue weighted by molar-refractivity contribution is -0.122. The van der Waals surface area contributed by atoms with E-state index in [1.54, 1.807) is 0 Å². The monoisotopic (exact) mass is 544 g/mol.